The Kier molecular flexibility index (Phi) is 8.69. The molecule has 1 heterocycles. The minimum atomic E-state index is -0.808. The Morgan fingerprint density at radius 1 is 0.974 bits per heavy atom. The van der Waals surface area contributed by atoms with Gasteiger partial charge in [0, 0.05) is 30.9 Å². The molecule has 3 aromatic rings. The molecule has 1 atom stereocenters. The zero-order valence-electron chi connectivity index (χ0n) is 22.9. The lowest BCUT2D eigenvalue weighted by atomic mass is 9.94. The van der Waals surface area contributed by atoms with E-state index in [0.29, 0.717) is 29.0 Å². The number of aryl methyl sites for hydroxylation is 1. The van der Waals surface area contributed by atoms with Gasteiger partial charge in [-0.15, -0.1) is 0 Å². The predicted octanol–water partition coefficient (Wildman–Crippen LogP) is 6.39. The minimum absolute atomic E-state index is 0.0272. The summed E-state index contributed by atoms with van der Waals surface area (Å²) >= 11 is 0. The van der Waals surface area contributed by atoms with Gasteiger partial charge in [0.2, 0.25) is 0 Å². The summed E-state index contributed by atoms with van der Waals surface area (Å²) in [5.41, 5.74) is 3.68. The molecule has 1 aliphatic rings. The lowest BCUT2D eigenvalue weighted by molar-refractivity contribution is -0.140. The number of ether oxygens (including phenoxy) is 1. The van der Waals surface area contributed by atoms with Crippen LogP contribution in [0.25, 0.3) is 5.76 Å². The number of amides is 1. The highest BCUT2D eigenvalue weighted by molar-refractivity contribution is 6.46. The molecule has 39 heavy (non-hydrogen) atoms. The summed E-state index contributed by atoms with van der Waals surface area (Å²) in [6.45, 7) is 10.4. The molecule has 1 aliphatic heterocycles. The maximum Gasteiger partial charge on any atom is 0.295 e. The van der Waals surface area contributed by atoms with Crippen LogP contribution in [0.15, 0.2) is 72.3 Å². The van der Waals surface area contributed by atoms with E-state index < -0.39 is 17.7 Å². The number of rotatable bonds is 10. The van der Waals surface area contributed by atoms with E-state index in [9.17, 15) is 19.1 Å². The first-order valence-corrected chi connectivity index (χ1v) is 13.4. The van der Waals surface area contributed by atoms with Crippen LogP contribution >= 0.6 is 0 Å². The van der Waals surface area contributed by atoms with E-state index in [4.69, 9.17) is 4.74 Å². The molecule has 1 N–H and O–H groups in total. The predicted molar refractivity (Wildman–Crippen MR) is 151 cm³/mol. The number of hydrogen-bond acceptors (Lipinski definition) is 5. The van der Waals surface area contributed by atoms with Crippen molar-refractivity contribution in [1.29, 1.82) is 0 Å². The number of Topliss-reactive ketones (excluding diaryl/α,β-unsaturated/α-hetero) is 1. The van der Waals surface area contributed by atoms with E-state index in [1.54, 1.807) is 30.3 Å². The number of ketones is 1. The standard InChI is InChI=1S/C32H35FN2O4/c1-5-18-39-27-17-12-24(19-21(27)4)30(36)28-29(23-10-15-26(16-11-23)34(6-2)7-3)35(32(38)31(28)37)20-22-8-13-25(33)14-9-22/h8-17,19,29,36H,5-7,18,20H2,1-4H3/b30-28-. The molecule has 0 aromatic heterocycles. The van der Waals surface area contributed by atoms with Crippen LogP contribution < -0.4 is 9.64 Å². The molecule has 1 unspecified atom stereocenters. The van der Waals surface area contributed by atoms with Crippen molar-refractivity contribution in [2.75, 3.05) is 24.6 Å². The highest BCUT2D eigenvalue weighted by Crippen LogP contribution is 2.41. The number of anilines is 1. The molecular weight excluding hydrogens is 495 g/mol. The van der Waals surface area contributed by atoms with Crippen LogP contribution in [0, 0.1) is 12.7 Å². The normalized spacial score (nSPS) is 16.5. The third-order valence-corrected chi connectivity index (χ3v) is 7.05. The smallest absolute Gasteiger partial charge is 0.295 e. The number of benzene rings is 3. The second-order valence-electron chi connectivity index (χ2n) is 9.65. The van der Waals surface area contributed by atoms with Crippen LogP contribution in [-0.4, -0.2) is 41.4 Å². The number of carbonyl (C=O) groups excluding carboxylic acids is 2. The number of aliphatic hydroxyl groups excluding tert-OH is 1. The van der Waals surface area contributed by atoms with Crippen molar-refractivity contribution < 1.29 is 23.8 Å². The fourth-order valence-corrected chi connectivity index (χ4v) is 4.96. The van der Waals surface area contributed by atoms with Crippen molar-refractivity contribution >= 4 is 23.1 Å². The molecule has 204 valence electrons. The topological polar surface area (TPSA) is 70.1 Å². The van der Waals surface area contributed by atoms with Crippen molar-refractivity contribution in [2.45, 2.75) is 46.7 Å². The highest BCUT2D eigenvalue weighted by atomic mass is 19.1. The van der Waals surface area contributed by atoms with E-state index >= 15 is 0 Å². The number of halogens is 1. The van der Waals surface area contributed by atoms with Crippen LogP contribution in [0.1, 0.15) is 55.5 Å². The second kappa shape index (κ2) is 12.2. The first-order chi connectivity index (χ1) is 18.8. The van der Waals surface area contributed by atoms with Crippen molar-refractivity contribution in [1.82, 2.24) is 4.90 Å². The lowest BCUT2D eigenvalue weighted by Crippen LogP contribution is -2.29. The van der Waals surface area contributed by atoms with Gasteiger partial charge in [-0.2, -0.15) is 0 Å². The zero-order chi connectivity index (χ0) is 28.1. The van der Waals surface area contributed by atoms with Crippen LogP contribution in [0.5, 0.6) is 5.75 Å². The minimum Gasteiger partial charge on any atom is -0.507 e. The van der Waals surface area contributed by atoms with E-state index in [1.165, 1.54) is 17.0 Å². The first-order valence-electron chi connectivity index (χ1n) is 13.4. The van der Waals surface area contributed by atoms with Gasteiger partial charge in [0.1, 0.15) is 17.3 Å². The Labute approximate surface area is 229 Å². The maximum absolute atomic E-state index is 13.5. The van der Waals surface area contributed by atoms with Gasteiger partial charge in [0.15, 0.2) is 0 Å². The molecule has 0 aliphatic carbocycles. The van der Waals surface area contributed by atoms with E-state index in [2.05, 4.69) is 18.7 Å². The van der Waals surface area contributed by atoms with E-state index in [-0.39, 0.29) is 23.7 Å². The molecule has 3 aromatic carbocycles. The number of aliphatic hydroxyl groups is 1. The largest absolute Gasteiger partial charge is 0.507 e. The molecular formula is C32H35FN2O4. The number of likely N-dealkylation sites (tertiary alicyclic amines) is 1. The van der Waals surface area contributed by atoms with Gasteiger partial charge in [-0.25, -0.2) is 4.39 Å². The number of carbonyl (C=O) groups is 2. The SMILES string of the molecule is CCCOc1ccc(/C(O)=C2/C(=O)C(=O)N(Cc3ccc(F)cc3)C2c2ccc(N(CC)CC)cc2)cc1C. The highest BCUT2D eigenvalue weighted by Gasteiger charge is 2.46. The summed E-state index contributed by atoms with van der Waals surface area (Å²) in [6.07, 6.45) is 0.867. The summed E-state index contributed by atoms with van der Waals surface area (Å²) in [7, 11) is 0. The number of hydrogen-bond donors (Lipinski definition) is 1. The fraction of sp³-hybridized carbons (Fsp3) is 0.312. The van der Waals surface area contributed by atoms with Gasteiger partial charge < -0.3 is 19.6 Å². The summed E-state index contributed by atoms with van der Waals surface area (Å²) in [5, 5.41) is 11.5. The molecule has 0 bridgehead atoms. The molecule has 1 fully saturated rings. The number of nitrogens with zero attached hydrogens (tertiary/aromatic N) is 2. The summed E-state index contributed by atoms with van der Waals surface area (Å²) < 4.78 is 19.3. The Hall–Kier alpha value is -4.13. The van der Waals surface area contributed by atoms with Crippen molar-refractivity contribution in [3.63, 3.8) is 0 Å². The Balaban J connectivity index is 1.80. The molecule has 0 spiro atoms. The molecule has 1 saturated heterocycles. The van der Waals surface area contributed by atoms with E-state index in [0.717, 1.165) is 30.8 Å². The van der Waals surface area contributed by atoms with Gasteiger partial charge in [-0.1, -0.05) is 31.2 Å². The van der Waals surface area contributed by atoms with Crippen LogP contribution in [0.4, 0.5) is 10.1 Å². The maximum atomic E-state index is 13.5. The molecule has 1 amide bonds. The Morgan fingerprint density at radius 2 is 1.64 bits per heavy atom. The molecule has 6 nitrogen and oxygen atoms in total. The van der Waals surface area contributed by atoms with Crippen molar-refractivity contribution in [3.05, 3.63) is 100 Å². The molecule has 0 radical (unpaired) electrons. The van der Waals surface area contributed by atoms with Crippen LogP contribution in [-0.2, 0) is 16.1 Å². The Morgan fingerprint density at radius 3 is 2.23 bits per heavy atom. The van der Waals surface area contributed by atoms with Gasteiger partial charge in [-0.3, -0.25) is 9.59 Å². The van der Waals surface area contributed by atoms with Crippen LogP contribution in [0.3, 0.4) is 0 Å². The van der Waals surface area contributed by atoms with Gasteiger partial charge in [0.05, 0.1) is 18.2 Å². The summed E-state index contributed by atoms with van der Waals surface area (Å²) in [6, 6.07) is 17.9. The van der Waals surface area contributed by atoms with Crippen molar-refractivity contribution in [3.8, 4) is 5.75 Å². The average molecular weight is 531 g/mol. The van der Waals surface area contributed by atoms with Gasteiger partial charge in [-0.05, 0) is 86.3 Å². The third kappa shape index (κ3) is 5.82. The average Bonchev–Trinajstić information content (AvgIpc) is 3.19. The Bertz CT molecular complexity index is 1360. The van der Waals surface area contributed by atoms with E-state index in [1.807, 2.05) is 38.1 Å². The summed E-state index contributed by atoms with van der Waals surface area (Å²) in [5.74, 6) is -1.38. The van der Waals surface area contributed by atoms with Gasteiger partial charge >= 0.3 is 0 Å². The van der Waals surface area contributed by atoms with Crippen LogP contribution in [0.2, 0.25) is 0 Å². The molecule has 7 heteroatoms. The second-order valence-corrected chi connectivity index (χ2v) is 9.65. The monoisotopic (exact) mass is 530 g/mol. The summed E-state index contributed by atoms with van der Waals surface area (Å²) in [4.78, 5) is 30.4. The van der Waals surface area contributed by atoms with Gasteiger partial charge in [0.25, 0.3) is 11.7 Å². The molecule has 4 rings (SSSR count). The third-order valence-electron chi connectivity index (χ3n) is 7.05. The quantitative estimate of drug-likeness (QED) is 0.187. The fourth-order valence-electron chi connectivity index (χ4n) is 4.96. The van der Waals surface area contributed by atoms with Crippen molar-refractivity contribution in [2.24, 2.45) is 0 Å². The molecule has 0 saturated carbocycles. The zero-order valence-corrected chi connectivity index (χ0v) is 22.9. The first kappa shape index (κ1) is 27.9. The lowest BCUT2D eigenvalue weighted by Gasteiger charge is -2.27.